The second-order valence-corrected chi connectivity index (χ2v) is 7.56. The number of nitrogens with one attached hydrogen (secondary N) is 2. The zero-order chi connectivity index (χ0) is 19.8. The molecule has 2 aromatic heterocycles. The number of aromatic nitrogens is 3. The molecule has 0 unspecified atom stereocenters. The highest BCUT2D eigenvalue weighted by Gasteiger charge is 2.26. The Bertz CT molecular complexity index is 1110. The number of carbonyl (C=O) groups excluding carboxylic acids is 1. The van der Waals surface area contributed by atoms with E-state index in [0.29, 0.717) is 50.7 Å². The van der Waals surface area contributed by atoms with Crippen LogP contribution in [0.4, 0.5) is 0 Å². The van der Waals surface area contributed by atoms with E-state index in [0.717, 1.165) is 35.4 Å². The number of hydrogen-bond acceptors (Lipinski definition) is 5. The lowest BCUT2D eigenvalue weighted by atomic mass is 10.1. The molecule has 0 atom stereocenters. The van der Waals surface area contributed by atoms with Gasteiger partial charge in [-0.15, -0.1) is 0 Å². The molecule has 29 heavy (non-hydrogen) atoms. The minimum absolute atomic E-state index is 0.122. The van der Waals surface area contributed by atoms with Gasteiger partial charge < -0.3 is 19.6 Å². The standard InChI is InChI=1S/C21H23N5O3/c27-19(13-25-7-9-29-10-8-25)26-6-5-17-18(12-26)23-20(22-17)15-11-14-3-1-2-4-16(14)24-21(15)28/h1-4,11H,5-10,12-13H2,(H,22,23)(H,24,28). The molecular formula is C21H23N5O3. The summed E-state index contributed by atoms with van der Waals surface area (Å²) in [6.07, 6.45) is 0.687. The molecule has 0 aliphatic carbocycles. The zero-order valence-electron chi connectivity index (χ0n) is 16.1. The smallest absolute Gasteiger partial charge is 0.259 e. The van der Waals surface area contributed by atoms with Gasteiger partial charge in [0.25, 0.3) is 5.56 Å². The molecule has 4 heterocycles. The van der Waals surface area contributed by atoms with Crippen molar-refractivity contribution in [2.75, 3.05) is 39.4 Å². The maximum Gasteiger partial charge on any atom is 0.259 e. The third-order valence-corrected chi connectivity index (χ3v) is 5.66. The van der Waals surface area contributed by atoms with E-state index >= 15 is 0 Å². The minimum Gasteiger partial charge on any atom is -0.379 e. The number of benzene rings is 1. The predicted octanol–water partition coefficient (Wildman–Crippen LogP) is 1.14. The summed E-state index contributed by atoms with van der Waals surface area (Å²) >= 11 is 0. The summed E-state index contributed by atoms with van der Waals surface area (Å²) in [5, 5.41) is 0.957. The van der Waals surface area contributed by atoms with Gasteiger partial charge in [0.2, 0.25) is 5.91 Å². The number of fused-ring (bicyclic) bond motifs is 2. The van der Waals surface area contributed by atoms with Crippen LogP contribution in [0.15, 0.2) is 35.1 Å². The number of para-hydroxylation sites is 1. The first-order valence-electron chi connectivity index (χ1n) is 9.95. The van der Waals surface area contributed by atoms with Crippen LogP contribution in [0.2, 0.25) is 0 Å². The summed E-state index contributed by atoms with van der Waals surface area (Å²) < 4.78 is 5.35. The van der Waals surface area contributed by atoms with E-state index in [1.807, 2.05) is 35.2 Å². The number of nitrogens with zero attached hydrogens (tertiary/aromatic N) is 3. The fourth-order valence-electron chi connectivity index (χ4n) is 4.01. The van der Waals surface area contributed by atoms with Crippen molar-refractivity contribution in [3.63, 3.8) is 0 Å². The fourth-order valence-corrected chi connectivity index (χ4v) is 4.01. The first kappa shape index (κ1) is 18.1. The lowest BCUT2D eigenvalue weighted by Gasteiger charge is -2.31. The van der Waals surface area contributed by atoms with Crippen molar-refractivity contribution in [1.29, 1.82) is 0 Å². The molecule has 2 aliphatic heterocycles. The van der Waals surface area contributed by atoms with E-state index in [-0.39, 0.29) is 11.5 Å². The molecule has 0 bridgehead atoms. The molecule has 3 aromatic rings. The fraction of sp³-hybridized carbons (Fsp3) is 0.381. The largest absolute Gasteiger partial charge is 0.379 e. The number of ether oxygens (including phenoxy) is 1. The first-order valence-corrected chi connectivity index (χ1v) is 9.95. The van der Waals surface area contributed by atoms with Crippen LogP contribution in [-0.4, -0.2) is 70.1 Å². The number of hydrogen-bond donors (Lipinski definition) is 2. The second-order valence-electron chi connectivity index (χ2n) is 7.56. The molecule has 0 saturated carbocycles. The highest BCUT2D eigenvalue weighted by atomic mass is 16.5. The maximum atomic E-state index is 12.7. The highest BCUT2D eigenvalue weighted by molar-refractivity contribution is 5.82. The monoisotopic (exact) mass is 393 g/mol. The van der Waals surface area contributed by atoms with Crippen LogP contribution in [0.5, 0.6) is 0 Å². The van der Waals surface area contributed by atoms with Gasteiger partial charge in [-0.2, -0.15) is 0 Å². The van der Waals surface area contributed by atoms with Gasteiger partial charge in [-0.3, -0.25) is 14.5 Å². The van der Waals surface area contributed by atoms with E-state index in [9.17, 15) is 9.59 Å². The Kier molecular flexibility index (Phi) is 4.65. The van der Waals surface area contributed by atoms with Crippen molar-refractivity contribution in [2.24, 2.45) is 0 Å². The van der Waals surface area contributed by atoms with Crippen molar-refractivity contribution in [3.05, 3.63) is 52.1 Å². The Hall–Kier alpha value is -2.97. The van der Waals surface area contributed by atoms with Crippen molar-refractivity contribution in [1.82, 2.24) is 24.8 Å². The Balaban J connectivity index is 1.36. The number of imidazole rings is 1. The molecule has 0 spiro atoms. The van der Waals surface area contributed by atoms with Crippen LogP contribution in [0, 0.1) is 0 Å². The van der Waals surface area contributed by atoms with E-state index in [1.54, 1.807) is 0 Å². The van der Waals surface area contributed by atoms with Gasteiger partial charge in [0.1, 0.15) is 5.82 Å². The van der Waals surface area contributed by atoms with Gasteiger partial charge in [-0.1, -0.05) is 18.2 Å². The summed E-state index contributed by atoms with van der Waals surface area (Å²) in [7, 11) is 0. The first-order chi connectivity index (χ1) is 14.2. The minimum atomic E-state index is -0.171. The number of amides is 1. The highest BCUT2D eigenvalue weighted by Crippen LogP contribution is 2.23. The van der Waals surface area contributed by atoms with E-state index in [4.69, 9.17) is 4.74 Å². The molecule has 1 amide bonds. The van der Waals surface area contributed by atoms with E-state index < -0.39 is 0 Å². The number of carbonyl (C=O) groups is 1. The quantitative estimate of drug-likeness (QED) is 0.696. The number of H-pyrrole nitrogens is 2. The number of pyridine rings is 1. The van der Waals surface area contributed by atoms with Crippen LogP contribution in [0.1, 0.15) is 11.4 Å². The van der Waals surface area contributed by atoms with Gasteiger partial charge >= 0.3 is 0 Å². The van der Waals surface area contributed by atoms with Crippen molar-refractivity contribution >= 4 is 16.8 Å². The lowest BCUT2D eigenvalue weighted by molar-refractivity contribution is -0.134. The normalized spacial score (nSPS) is 17.4. The molecule has 2 aliphatic rings. The van der Waals surface area contributed by atoms with Crippen LogP contribution in [0.3, 0.4) is 0 Å². The van der Waals surface area contributed by atoms with Gasteiger partial charge in [-0.25, -0.2) is 4.98 Å². The molecule has 1 aromatic carbocycles. The van der Waals surface area contributed by atoms with Crippen molar-refractivity contribution in [3.8, 4) is 11.4 Å². The summed E-state index contributed by atoms with van der Waals surface area (Å²) in [6.45, 7) is 4.52. The van der Waals surface area contributed by atoms with E-state index in [2.05, 4.69) is 19.9 Å². The topological polar surface area (TPSA) is 94.3 Å². The Morgan fingerprint density at radius 1 is 1.14 bits per heavy atom. The molecular weight excluding hydrogens is 370 g/mol. The third kappa shape index (κ3) is 3.56. The molecule has 8 heteroatoms. The molecule has 1 fully saturated rings. The van der Waals surface area contributed by atoms with Crippen molar-refractivity contribution in [2.45, 2.75) is 13.0 Å². The Morgan fingerprint density at radius 2 is 1.97 bits per heavy atom. The second kappa shape index (κ2) is 7.46. The van der Waals surface area contributed by atoms with Gasteiger partial charge in [0, 0.05) is 31.6 Å². The maximum absolute atomic E-state index is 12.7. The molecule has 0 radical (unpaired) electrons. The average molecular weight is 393 g/mol. The predicted molar refractivity (Wildman–Crippen MR) is 109 cm³/mol. The van der Waals surface area contributed by atoms with Gasteiger partial charge in [0.05, 0.1) is 43.3 Å². The molecule has 8 nitrogen and oxygen atoms in total. The SMILES string of the molecule is O=C(CN1CCOCC1)N1CCc2nc(-c3cc4ccccc4[nH]c3=O)[nH]c2C1. The summed E-state index contributed by atoms with van der Waals surface area (Å²) in [5.74, 6) is 0.682. The molecule has 150 valence electrons. The number of aromatic amines is 2. The molecule has 1 saturated heterocycles. The summed E-state index contributed by atoms with van der Waals surface area (Å²) in [5.41, 5.74) is 2.99. The summed E-state index contributed by atoms with van der Waals surface area (Å²) in [6, 6.07) is 9.54. The van der Waals surface area contributed by atoms with Gasteiger partial charge in [0.15, 0.2) is 0 Å². The average Bonchev–Trinajstić information content (AvgIpc) is 3.17. The van der Waals surface area contributed by atoms with Gasteiger partial charge in [-0.05, 0) is 17.5 Å². The van der Waals surface area contributed by atoms with Crippen LogP contribution in [-0.2, 0) is 22.5 Å². The van der Waals surface area contributed by atoms with Crippen LogP contribution >= 0.6 is 0 Å². The van der Waals surface area contributed by atoms with Crippen LogP contribution < -0.4 is 5.56 Å². The Morgan fingerprint density at radius 3 is 2.83 bits per heavy atom. The Labute approximate surface area is 167 Å². The number of rotatable bonds is 3. The molecule has 5 rings (SSSR count). The third-order valence-electron chi connectivity index (χ3n) is 5.66. The van der Waals surface area contributed by atoms with Crippen LogP contribution in [0.25, 0.3) is 22.3 Å². The number of morpholine rings is 1. The summed E-state index contributed by atoms with van der Waals surface area (Å²) in [4.78, 5) is 40.1. The lowest BCUT2D eigenvalue weighted by Crippen LogP contribution is -2.46. The molecule has 2 N–H and O–H groups in total. The zero-order valence-corrected chi connectivity index (χ0v) is 16.1. The van der Waals surface area contributed by atoms with E-state index in [1.165, 1.54) is 0 Å². The van der Waals surface area contributed by atoms with Crippen molar-refractivity contribution < 1.29 is 9.53 Å².